The van der Waals surface area contributed by atoms with Crippen molar-refractivity contribution in [2.45, 2.75) is 52.4 Å². The number of hydrogen-bond acceptors (Lipinski definition) is 1. The number of amides is 1. The van der Waals surface area contributed by atoms with Gasteiger partial charge in [-0.3, -0.25) is 4.79 Å². The largest absolute Gasteiger partial charge is 0.326 e. The minimum absolute atomic E-state index is 0.147. The van der Waals surface area contributed by atoms with Gasteiger partial charge in [0, 0.05) is 12.1 Å². The maximum atomic E-state index is 11.9. The van der Waals surface area contributed by atoms with Crippen LogP contribution in [0.1, 0.15) is 50.7 Å². The summed E-state index contributed by atoms with van der Waals surface area (Å²) in [5.41, 5.74) is 3.83. The molecule has 1 aliphatic rings. The summed E-state index contributed by atoms with van der Waals surface area (Å²) in [6.07, 6.45) is 6.50. The lowest BCUT2D eigenvalue weighted by Crippen LogP contribution is -2.15. The highest BCUT2D eigenvalue weighted by Gasteiger charge is 2.12. The summed E-state index contributed by atoms with van der Waals surface area (Å²) in [6, 6.07) is 6.34. The fourth-order valence-electron chi connectivity index (χ4n) is 2.77. The standard InChI is InChI=1S/C16H23NO/c1-3-5-12(2)10-16(18)17-15-9-8-13-6-4-7-14(13)11-15/h8-9,11-12H,3-7,10H2,1-2H3,(H,17,18). The van der Waals surface area contributed by atoms with Gasteiger partial charge in [-0.1, -0.05) is 32.8 Å². The molecule has 1 N–H and O–H groups in total. The van der Waals surface area contributed by atoms with E-state index in [1.54, 1.807) is 0 Å². The van der Waals surface area contributed by atoms with Crippen LogP contribution in [0.25, 0.3) is 0 Å². The van der Waals surface area contributed by atoms with Crippen LogP contribution in [-0.4, -0.2) is 5.91 Å². The molecule has 0 radical (unpaired) electrons. The Kier molecular flexibility index (Phi) is 4.40. The Morgan fingerprint density at radius 3 is 2.89 bits per heavy atom. The van der Waals surface area contributed by atoms with Crippen molar-refractivity contribution in [2.75, 3.05) is 5.32 Å². The van der Waals surface area contributed by atoms with E-state index in [0.717, 1.165) is 24.9 Å². The molecule has 0 saturated carbocycles. The van der Waals surface area contributed by atoms with Crippen molar-refractivity contribution in [3.63, 3.8) is 0 Å². The van der Waals surface area contributed by atoms with E-state index in [1.165, 1.54) is 24.0 Å². The Morgan fingerprint density at radius 2 is 2.11 bits per heavy atom. The second kappa shape index (κ2) is 6.03. The molecule has 0 saturated heterocycles. The van der Waals surface area contributed by atoms with Crippen LogP contribution in [0.4, 0.5) is 5.69 Å². The Balaban J connectivity index is 1.91. The van der Waals surface area contributed by atoms with Gasteiger partial charge in [-0.15, -0.1) is 0 Å². The van der Waals surface area contributed by atoms with E-state index in [1.807, 2.05) is 6.07 Å². The number of rotatable bonds is 5. The average Bonchev–Trinajstić information content (AvgIpc) is 2.76. The maximum Gasteiger partial charge on any atom is 0.224 e. The molecule has 2 heteroatoms. The molecule has 0 spiro atoms. The predicted octanol–water partition coefficient (Wildman–Crippen LogP) is 3.94. The van der Waals surface area contributed by atoms with Crippen molar-refractivity contribution in [1.82, 2.24) is 0 Å². The summed E-state index contributed by atoms with van der Waals surface area (Å²) >= 11 is 0. The monoisotopic (exact) mass is 245 g/mol. The third kappa shape index (κ3) is 3.34. The minimum atomic E-state index is 0.147. The molecule has 1 aromatic carbocycles. The molecule has 1 unspecified atom stereocenters. The predicted molar refractivity (Wildman–Crippen MR) is 75.8 cm³/mol. The normalized spacial score (nSPS) is 15.2. The highest BCUT2D eigenvalue weighted by Crippen LogP contribution is 2.25. The Labute approximate surface area is 110 Å². The van der Waals surface area contributed by atoms with Crippen molar-refractivity contribution in [3.05, 3.63) is 29.3 Å². The number of hydrogen-bond donors (Lipinski definition) is 1. The lowest BCUT2D eigenvalue weighted by Gasteiger charge is -2.11. The van der Waals surface area contributed by atoms with Gasteiger partial charge in [0.25, 0.3) is 0 Å². The number of carbonyl (C=O) groups is 1. The summed E-state index contributed by atoms with van der Waals surface area (Å²) in [7, 11) is 0. The van der Waals surface area contributed by atoms with Crippen LogP contribution in [0.15, 0.2) is 18.2 Å². The summed E-state index contributed by atoms with van der Waals surface area (Å²) in [4.78, 5) is 11.9. The van der Waals surface area contributed by atoms with E-state index >= 15 is 0 Å². The molecule has 1 aliphatic carbocycles. The van der Waals surface area contributed by atoms with Crippen LogP contribution in [0.5, 0.6) is 0 Å². The SMILES string of the molecule is CCCC(C)CC(=O)Nc1ccc2c(c1)CCC2. The Hall–Kier alpha value is -1.31. The molecule has 2 nitrogen and oxygen atoms in total. The van der Waals surface area contributed by atoms with Gasteiger partial charge in [0.05, 0.1) is 0 Å². The quantitative estimate of drug-likeness (QED) is 0.836. The van der Waals surface area contributed by atoms with Gasteiger partial charge >= 0.3 is 0 Å². The fourth-order valence-corrected chi connectivity index (χ4v) is 2.77. The number of fused-ring (bicyclic) bond motifs is 1. The molecule has 2 rings (SSSR count). The van der Waals surface area contributed by atoms with Crippen LogP contribution in [0.2, 0.25) is 0 Å². The van der Waals surface area contributed by atoms with Crippen molar-refractivity contribution >= 4 is 11.6 Å². The number of nitrogens with one attached hydrogen (secondary N) is 1. The van der Waals surface area contributed by atoms with E-state index in [2.05, 4.69) is 31.3 Å². The fraction of sp³-hybridized carbons (Fsp3) is 0.562. The van der Waals surface area contributed by atoms with Crippen LogP contribution in [-0.2, 0) is 17.6 Å². The molecule has 18 heavy (non-hydrogen) atoms. The number of benzene rings is 1. The highest BCUT2D eigenvalue weighted by atomic mass is 16.1. The van der Waals surface area contributed by atoms with Gasteiger partial charge in [-0.05, 0) is 48.4 Å². The molecule has 1 atom stereocenters. The summed E-state index contributed by atoms with van der Waals surface area (Å²) < 4.78 is 0. The third-order valence-corrected chi connectivity index (χ3v) is 3.70. The molecule has 0 heterocycles. The molecule has 0 fully saturated rings. The van der Waals surface area contributed by atoms with Gasteiger partial charge in [-0.25, -0.2) is 0 Å². The van der Waals surface area contributed by atoms with Crippen LogP contribution < -0.4 is 5.32 Å². The van der Waals surface area contributed by atoms with Crippen LogP contribution >= 0.6 is 0 Å². The minimum Gasteiger partial charge on any atom is -0.326 e. The lowest BCUT2D eigenvalue weighted by molar-refractivity contribution is -0.117. The smallest absolute Gasteiger partial charge is 0.224 e. The summed E-state index contributed by atoms with van der Waals surface area (Å²) in [6.45, 7) is 4.31. The Bertz CT molecular complexity index is 425. The second-order valence-corrected chi connectivity index (χ2v) is 5.48. The summed E-state index contributed by atoms with van der Waals surface area (Å²) in [5, 5.41) is 3.02. The first-order valence-corrected chi connectivity index (χ1v) is 7.10. The van der Waals surface area contributed by atoms with Gasteiger partial charge in [-0.2, -0.15) is 0 Å². The van der Waals surface area contributed by atoms with E-state index in [0.29, 0.717) is 12.3 Å². The van der Waals surface area contributed by atoms with Gasteiger partial charge in [0.1, 0.15) is 0 Å². The van der Waals surface area contributed by atoms with Crippen LogP contribution in [0, 0.1) is 5.92 Å². The molecular formula is C16H23NO. The second-order valence-electron chi connectivity index (χ2n) is 5.48. The first-order valence-electron chi connectivity index (χ1n) is 7.10. The third-order valence-electron chi connectivity index (χ3n) is 3.70. The first-order chi connectivity index (χ1) is 8.69. The molecule has 1 aromatic rings. The first kappa shape index (κ1) is 13.1. The maximum absolute atomic E-state index is 11.9. The van der Waals surface area contributed by atoms with Gasteiger partial charge in [0.2, 0.25) is 5.91 Å². The van der Waals surface area contributed by atoms with Gasteiger partial charge < -0.3 is 5.32 Å². The van der Waals surface area contributed by atoms with Crippen molar-refractivity contribution in [3.8, 4) is 0 Å². The molecule has 1 amide bonds. The van der Waals surface area contributed by atoms with E-state index in [-0.39, 0.29) is 5.91 Å². The number of anilines is 1. The molecule has 98 valence electrons. The van der Waals surface area contributed by atoms with Crippen molar-refractivity contribution < 1.29 is 4.79 Å². The highest BCUT2D eigenvalue weighted by molar-refractivity contribution is 5.91. The molecular weight excluding hydrogens is 222 g/mol. The lowest BCUT2D eigenvalue weighted by atomic mass is 10.0. The van der Waals surface area contributed by atoms with E-state index in [9.17, 15) is 4.79 Å². The summed E-state index contributed by atoms with van der Waals surface area (Å²) in [5.74, 6) is 0.623. The molecule has 0 bridgehead atoms. The zero-order valence-electron chi connectivity index (χ0n) is 11.5. The van der Waals surface area contributed by atoms with E-state index in [4.69, 9.17) is 0 Å². The zero-order valence-corrected chi connectivity index (χ0v) is 11.5. The van der Waals surface area contributed by atoms with Gasteiger partial charge in [0.15, 0.2) is 0 Å². The van der Waals surface area contributed by atoms with E-state index < -0.39 is 0 Å². The topological polar surface area (TPSA) is 29.1 Å². The number of carbonyl (C=O) groups excluding carboxylic acids is 1. The molecule has 0 aromatic heterocycles. The van der Waals surface area contributed by atoms with Crippen molar-refractivity contribution in [1.29, 1.82) is 0 Å². The van der Waals surface area contributed by atoms with Crippen LogP contribution in [0.3, 0.4) is 0 Å². The number of aryl methyl sites for hydroxylation is 2. The van der Waals surface area contributed by atoms with Crippen molar-refractivity contribution in [2.24, 2.45) is 5.92 Å². The zero-order chi connectivity index (χ0) is 13.0. The average molecular weight is 245 g/mol. The Morgan fingerprint density at radius 1 is 1.33 bits per heavy atom. The molecule has 0 aliphatic heterocycles.